The Morgan fingerprint density at radius 3 is 3.00 bits per heavy atom. The van der Waals surface area contributed by atoms with Crippen LogP contribution < -0.4 is 11.1 Å². The molecule has 0 aliphatic rings. The number of pyridine rings is 1. The van der Waals surface area contributed by atoms with Crippen molar-refractivity contribution >= 4 is 28.3 Å². The molecule has 0 atom stereocenters. The van der Waals surface area contributed by atoms with E-state index >= 15 is 0 Å². The lowest BCUT2D eigenvalue weighted by atomic mass is 10.1. The molecule has 0 spiro atoms. The number of nitrogens with one attached hydrogen (secondary N) is 2. The number of benzene rings is 1. The topological polar surface area (TPSA) is 83.8 Å². The number of aromatic amines is 1. The molecule has 3 aromatic rings. The summed E-state index contributed by atoms with van der Waals surface area (Å²) in [5, 5.41) is 3.66. The quantitative estimate of drug-likeness (QED) is 0.623. The number of nitrogens with zero attached hydrogens (tertiary/aromatic N) is 1. The maximum absolute atomic E-state index is 12.3. The van der Waals surface area contributed by atoms with Gasteiger partial charge in [0.1, 0.15) is 5.82 Å². The van der Waals surface area contributed by atoms with Crippen molar-refractivity contribution in [3.63, 3.8) is 0 Å². The van der Waals surface area contributed by atoms with Gasteiger partial charge >= 0.3 is 0 Å². The number of hydrogen-bond donors (Lipinski definition) is 3. The highest BCUT2D eigenvalue weighted by Crippen LogP contribution is 2.22. The Kier molecular flexibility index (Phi) is 2.87. The van der Waals surface area contributed by atoms with Gasteiger partial charge < -0.3 is 16.0 Å². The second-order valence-electron chi connectivity index (χ2n) is 4.63. The highest BCUT2D eigenvalue weighted by atomic mass is 16.1. The molecule has 3 rings (SSSR count). The molecule has 1 aromatic carbocycles. The second-order valence-corrected chi connectivity index (χ2v) is 4.63. The van der Waals surface area contributed by atoms with Gasteiger partial charge in [-0.15, -0.1) is 0 Å². The van der Waals surface area contributed by atoms with Gasteiger partial charge in [0, 0.05) is 29.0 Å². The summed E-state index contributed by atoms with van der Waals surface area (Å²) < 4.78 is 0. The first-order chi connectivity index (χ1) is 9.65. The Morgan fingerprint density at radius 1 is 1.35 bits per heavy atom. The van der Waals surface area contributed by atoms with Crippen LogP contribution in [-0.4, -0.2) is 15.9 Å². The number of fused-ring (bicyclic) bond motifs is 1. The smallest absolute Gasteiger partial charge is 0.258 e. The van der Waals surface area contributed by atoms with Crippen LogP contribution in [0.5, 0.6) is 0 Å². The van der Waals surface area contributed by atoms with E-state index in [4.69, 9.17) is 5.73 Å². The first kappa shape index (κ1) is 12.2. The van der Waals surface area contributed by atoms with Crippen molar-refractivity contribution in [1.29, 1.82) is 0 Å². The second kappa shape index (κ2) is 4.70. The molecule has 5 nitrogen and oxygen atoms in total. The van der Waals surface area contributed by atoms with Gasteiger partial charge in [-0.25, -0.2) is 4.98 Å². The van der Waals surface area contributed by atoms with Crippen molar-refractivity contribution in [3.8, 4) is 0 Å². The standard InChI is InChI=1S/C15H14N4O/c1-9-3-2-6-17-14(9)19-15(20)12-8-18-13-7-10(16)4-5-11(12)13/h2-8,18H,16H2,1H3,(H,17,19,20). The fraction of sp³-hybridized carbons (Fsp3) is 0.0667. The minimum atomic E-state index is -0.192. The first-order valence-electron chi connectivity index (χ1n) is 6.25. The van der Waals surface area contributed by atoms with Crippen LogP contribution in [0.15, 0.2) is 42.7 Å². The molecule has 5 heteroatoms. The maximum atomic E-state index is 12.3. The zero-order valence-electron chi connectivity index (χ0n) is 11.0. The van der Waals surface area contributed by atoms with Crippen molar-refractivity contribution in [2.75, 3.05) is 11.1 Å². The van der Waals surface area contributed by atoms with Crippen LogP contribution in [-0.2, 0) is 0 Å². The van der Waals surface area contributed by atoms with E-state index in [0.29, 0.717) is 17.1 Å². The summed E-state index contributed by atoms with van der Waals surface area (Å²) in [6.45, 7) is 1.90. The van der Waals surface area contributed by atoms with E-state index in [0.717, 1.165) is 16.5 Å². The summed E-state index contributed by atoms with van der Waals surface area (Å²) in [6, 6.07) is 9.15. The first-order valence-corrected chi connectivity index (χ1v) is 6.25. The number of carbonyl (C=O) groups excluding carboxylic acids is 1. The van der Waals surface area contributed by atoms with Crippen molar-refractivity contribution in [3.05, 3.63) is 53.9 Å². The van der Waals surface area contributed by atoms with Crippen LogP contribution in [0.1, 0.15) is 15.9 Å². The van der Waals surface area contributed by atoms with Gasteiger partial charge in [0.2, 0.25) is 0 Å². The number of H-pyrrole nitrogens is 1. The number of nitrogen functional groups attached to an aromatic ring is 1. The number of carbonyl (C=O) groups is 1. The molecule has 100 valence electrons. The number of aromatic nitrogens is 2. The van der Waals surface area contributed by atoms with Gasteiger partial charge in [-0.05, 0) is 36.8 Å². The van der Waals surface area contributed by atoms with Gasteiger partial charge in [-0.1, -0.05) is 6.07 Å². The maximum Gasteiger partial charge on any atom is 0.258 e. The van der Waals surface area contributed by atoms with Gasteiger partial charge in [0.15, 0.2) is 0 Å². The summed E-state index contributed by atoms with van der Waals surface area (Å²) in [4.78, 5) is 19.5. The van der Waals surface area contributed by atoms with Crippen molar-refractivity contribution in [1.82, 2.24) is 9.97 Å². The van der Waals surface area contributed by atoms with Gasteiger partial charge in [0.05, 0.1) is 5.56 Å². The number of aryl methyl sites for hydroxylation is 1. The summed E-state index contributed by atoms with van der Waals surface area (Å²) in [7, 11) is 0. The molecular weight excluding hydrogens is 252 g/mol. The lowest BCUT2D eigenvalue weighted by molar-refractivity contribution is 0.102. The van der Waals surface area contributed by atoms with E-state index in [2.05, 4.69) is 15.3 Å². The minimum absolute atomic E-state index is 0.192. The lowest BCUT2D eigenvalue weighted by Gasteiger charge is -2.06. The molecule has 0 saturated heterocycles. The van der Waals surface area contributed by atoms with E-state index in [-0.39, 0.29) is 5.91 Å². The fourth-order valence-electron chi connectivity index (χ4n) is 2.12. The molecule has 0 unspecified atom stereocenters. The van der Waals surface area contributed by atoms with Crippen LogP contribution in [0.4, 0.5) is 11.5 Å². The normalized spacial score (nSPS) is 10.7. The molecule has 0 saturated carbocycles. The Morgan fingerprint density at radius 2 is 2.20 bits per heavy atom. The Bertz CT molecular complexity index is 791. The summed E-state index contributed by atoms with van der Waals surface area (Å²) in [5.41, 5.74) is 8.72. The fourth-order valence-corrected chi connectivity index (χ4v) is 2.12. The van der Waals surface area contributed by atoms with E-state index in [1.54, 1.807) is 24.5 Å². The monoisotopic (exact) mass is 266 g/mol. The third kappa shape index (κ3) is 2.09. The van der Waals surface area contributed by atoms with Crippen molar-refractivity contribution < 1.29 is 4.79 Å². The average Bonchev–Trinajstić information content (AvgIpc) is 2.84. The van der Waals surface area contributed by atoms with Crippen LogP contribution >= 0.6 is 0 Å². The SMILES string of the molecule is Cc1cccnc1NC(=O)c1c[nH]c2cc(N)ccc12. The Labute approximate surface area is 115 Å². The molecule has 0 aliphatic carbocycles. The predicted octanol–water partition coefficient (Wildman–Crippen LogP) is 2.71. The van der Waals surface area contributed by atoms with Crippen LogP contribution in [0, 0.1) is 6.92 Å². The molecule has 4 N–H and O–H groups in total. The summed E-state index contributed by atoms with van der Waals surface area (Å²) in [6.07, 6.45) is 3.33. The Balaban J connectivity index is 1.95. The van der Waals surface area contributed by atoms with E-state index in [1.165, 1.54) is 0 Å². The Hall–Kier alpha value is -2.82. The molecule has 0 bridgehead atoms. The third-order valence-corrected chi connectivity index (χ3v) is 3.19. The lowest BCUT2D eigenvalue weighted by Crippen LogP contribution is -2.13. The van der Waals surface area contributed by atoms with Crippen molar-refractivity contribution in [2.24, 2.45) is 0 Å². The highest BCUT2D eigenvalue weighted by Gasteiger charge is 2.13. The minimum Gasteiger partial charge on any atom is -0.399 e. The molecule has 2 aromatic heterocycles. The number of rotatable bonds is 2. The van der Waals surface area contributed by atoms with E-state index in [1.807, 2.05) is 25.1 Å². The zero-order chi connectivity index (χ0) is 14.1. The summed E-state index contributed by atoms with van der Waals surface area (Å²) >= 11 is 0. The largest absolute Gasteiger partial charge is 0.399 e. The van der Waals surface area contributed by atoms with Crippen LogP contribution in [0.3, 0.4) is 0 Å². The predicted molar refractivity (Wildman–Crippen MR) is 79.6 cm³/mol. The third-order valence-electron chi connectivity index (χ3n) is 3.19. The molecule has 0 fully saturated rings. The van der Waals surface area contributed by atoms with E-state index < -0.39 is 0 Å². The summed E-state index contributed by atoms with van der Waals surface area (Å²) in [5.74, 6) is 0.380. The molecular formula is C15H14N4O. The molecule has 20 heavy (non-hydrogen) atoms. The van der Waals surface area contributed by atoms with Gasteiger partial charge in [-0.2, -0.15) is 0 Å². The van der Waals surface area contributed by atoms with Gasteiger partial charge in [-0.3, -0.25) is 4.79 Å². The molecule has 2 heterocycles. The number of anilines is 2. The molecule has 0 aliphatic heterocycles. The van der Waals surface area contributed by atoms with Crippen molar-refractivity contribution in [2.45, 2.75) is 6.92 Å². The molecule has 0 radical (unpaired) electrons. The van der Waals surface area contributed by atoms with Gasteiger partial charge in [0.25, 0.3) is 5.91 Å². The average molecular weight is 266 g/mol. The zero-order valence-corrected chi connectivity index (χ0v) is 11.0. The van der Waals surface area contributed by atoms with Crippen LogP contribution in [0.25, 0.3) is 10.9 Å². The number of nitrogens with two attached hydrogens (primary N) is 1. The highest BCUT2D eigenvalue weighted by molar-refractivity contribution is 6.12. The van der Waals surface area contributed by atoms with Crippen LogP contribution in [0.2, 0.25) is 0 Å². The number of amides is 1. The number of hydrogen-bond acceptors (Lipinski definition) is 3. The molecule has 1 amide bonds. The van der Waals surface area contributed by atoms with E-state index in [9.17, 15) is 4.79 Å².